The van der Waals surface area contributed by atoms with E-state index in [-0.39, 0.29) is 17.8 Å². The summed E-state index contributed by atoms with van der Waals surface area (Å²) in [7, 11) is 0. The molecular weight excluding hydrogens is 463 g/mol. The average molecular weight is 491 g/mol. The maximum Gasteiger partial charge on any atom is 0.252 e. The SMILES string of the molecule is O=C(NCC(c1ccc(F)cc1)N1CCOCC1)c1ccccc1SCc1cn2ccccc2n1. The van der Waals surface area contributed by atoms with Crippen molar-refractivity contribution in [3.05, 3.63) is 102 Å². The molecule has 6 nitrogen and oxygen atoms in total. The normalized spacial score (nSPS) is 15.2. The number of pyridine rings is 1. The Kier molecular flexibility index (Phi) is 7.42. The quantitative estimate of drug-likeness (QED) is 0.367. The predicted octanol–water partition coefficient (Wildman–Crippen LogP) is 4.57. The molecule has 1 aliphatic rings. The first kappa shape index (κ1) is 23.5. The van der Waals surface area contributed by atoms with Gasteiger partial charge < -0.3 is 14.5 Å². The van der Waals surface area contributed by atoms with E-state index in [0.717, 1.165) is 34.9 Å². The minimum atomic E-state index is -0.268. The molecule has 8 heteroatoms. The second kappa shape index (κ2) is 11.0. The fourth-order valence-electron chi connectivity index (χ4n) is 4.30. The Labute approximate surface area is 208 Å². The molecule has 1 unspecified atom stereocenters. The molecule has 0 spiro atoms. The maximum absolute atomic E-state index is 13.5. The summed E-state index contributed by atoms with van der Waals surface area (Å²) < 4.78 is 21.0. The molecule has 1 aliphatic heterocycles. The first-order chi connectivity index (χ1) is 17.2. The van der Waals surface area contributed by atoms with Crippen molar-refractivity contribution in [3.8, 4) is 0 Å². The molecule has 35 heavy (non-hydrogen) atoms. The number of fused-ring (bicyclic) bond motifs is 1. The van der Waals surface area contributed by atoms with Gasteiger partial charge in [-0.15, -0.1) is 11.8 Å². The number of thioether (sulfide) groups is 1. The number of hydrogen-bond donors (Lipinski definition) is 1. The number of rotatable bonds is 8. The molecule has 2 aromatic heterocycles. The van der Waals surface area contributed by atoms with Gasteiger partial charge in [0.1, 0.15) is 11.5 Å². The van der Waals surface area contributed by atoms with E-state index in [4.69, 9.17) is 4.74 Å². The maximum atomic E-state index is 13.5. The number of amides is 1. The summed E-state index contributed by atoms with van der Waals surface area (Å²) in [4.78, 5) is 21.1. The van der Waals surface area contributed by atoms with Gasteiger partial charge >= 0.3 is 0 Å². The first-order valence-electron chi connectivity index (χ1n) is 11.7. The summed E-state index contributed by atoms with van der Waals surface area (Å²) in [5.41, 5.74) is 3.48. The average Bonchev–Trinajstić information content (AvgIpc) is 3.32. The number of aromatic nitrogens is 2. The summed E-state index contributed by atoms with van der Waals surface area (Å²) >= 11 is 1.60. The van der Waals surface area contributed by atoms with Gasteiger partial charge in [-0.2, -0.15) is 0 Å². The topological polar surface area (TPSA) is 58.9 Å². The van der Waals surface area contributed by atoms with Crippen LogP contribution < -0.4 is 5.32 Å². The molecule has 180 valence electrons. The molecule has 3 heterocycles. The van der Waals surface area contributed by atoms with Gasteiger partial charge in [0.2, 0.25) is 0 Å². The molecule has 1 saturated heterocycles. The molecule has 1 amide bonds. The van der Waals surface area contributed by atoms with Crippen LogP contribution in [0.3, 0.4) is 0 Å². The summed E-state index contributed by atoms with van der Waals surface area (Å²) in [6.45, 7) is 3.25. The molecule has 1 atom stereocenters. The van der Waals surface area contributed by atoms with Gasteiger partial charge in [-0.25, -0.2) is 9.37 Å². The predicted molar refractivity (Wildman–Crippen MR) is 135 cm³/mol. The van der Waals surface area contributed by atoms with E-state index in [0.29, 0.717) is 31.1 Å². The summed E-state index contributed by atoms with van der Waals surface area (Å²) in [6, 6.07) is 20.0. The van der Waals surface area contributed by atoms with E-state index in [1.54, 1.807) is 23.9 Å². The van der Waals surface area contributed by atoms with E-state index >= 15 is 0 Å². The monoisotopic (exact) mass is 490 g/mol. The zero-order valence-electron chi connectivity index (χ0n) is 19.3. The van der Waals surface area contributed by atoms with Crippen LogP contribution in [0.1, 0.15) is 27.7 Å². The fraction of sp³-hybridized carbons (Fsp3) is 0.259. The Morgan fingerprint density at radius 3 is 2.63 bits per heavy atom. The van der Waals surface area contributed by atoms with Crippen molar-refractivity contribution in [2.24, 2.45) is 0 Å². The lowest BCUT2D eigenvalue weighted by molar-refractivity contribution is 0.0162. The Morgan fingerprint density at radius 2 is 1.83 bits per heavy atom. The van der Waals surface area contributed by atoms with Crippen molar-refractivity contribution in [1.82, 2.24) is 19.6 Å². The van der Waals surface area contributed by atoms with E-state index in [1.807, 2.05) is 59.3 Å². The number of ether oxygens (including phenoxy) is 1. The van der Waals surface area contributed by atoms with Crippen molar-refractivity contribution in [1.29, 1.82) is 0 Å². The number of imidazole rings is 1. The zero-order chi connectivity index (χ0) is 24.0. The Morgan fingerprint density at radius 1 is 1.06 bits per heavy atom. The molecule has 5 rings (SSSR count). The van der Waals surface area contributed by atoms with Crippen molar-refractivity contribution in [2.75, 3.05) is 32.8 Å². The molecular formula is C27H27FN4O2S. The summed E-state index contributed by atoms with van der Waals surface area (Å²) in [6.07, 6.45) is 3.99. The third kappa shape index (κ3) is 5.73. The first-order valence-corrected chi connectivity index (χ1v) is 12.7. The number of benzene rings is 2. The Bertz CT molecular complexity index is 1250. The van der Waals surface area contributed by atoms with E-state index in [9.17, 15) is 9.18 Å². The molecule has 2 aromatic carbocycles. The Hall–Kier alpha value is -3.20. The van der Waals surface area contributed by atoms with Gasteiger partial charge in [-0.3, -0.25) is 9.69 Å². The highest BCUT2D eigenvalue weighted by atomic mass is 32.2. The number of nitrogens with one attached hydrogen (secondary N) is 1. The van der Waals surface area contributed by atoms with Crippen molar-refractivity contribution >= 4 is 23.3 Å². The van der Waals surface area contributed by atoms with Crippen LogP contribution in [0.4, 0.5) is 4.39 Å². The van der Waals surface area contributed by atoms with Crippen molar-refractivity contribution in [2.45, 2.75) is 16.7 Å². The van der Waals surface area contributed by atoms with Crippen LogP contribution >= 0.6 is 11.8 Å². The smallest absolute Gasteiger partial charge is 0.252 e. The molecule has 4 aromatic rings. The molecule has 1 fully saturated rings. The number of carbonyl (C=O) groups excluding carboxylic acids is 1. The lowest BCUT2D eigenvalue weighted by Gasteiger charge is -2.35. The van der Waals surface area contributed by atoms with Crippen LogP contribution in [0.2, 0.25) is 0 Å². The van der Waals surface area contributed by atoms with Gasteiger partial charge in [-0.1, -0.05) is 30.3 Å². The lowest BCUT2D eigenvalue weighted by atomic mass is 10.0. The highest BCUT2D eigenvalue weighted by molar-refractivity contribution is 7.98. The van der Waals surface area contributed by atoms with E-state index < -0.39 is 0 Å². The van der Waals surface area contributed by atoms with Crippen LogP contribution in [-0.4, -0.2) is 53.0 Å². The summed E-state index contributed by atoms with van der Waals surface area (Å²) in [5, 5.41) is 3.12. The van der Waals surface area contributed by atoms with Crippen molar-refractivity contribution in [3.63, 3.8) is 0 Å². The van der Waals surface area contributed by atoms with Gasteiger partial charge in [-0.05, 0) is 42.0 Å². The number of hydrogen-bond acceptors (Lipinski definition) is 5. The van der Waals surface area contributed by atoms with Crippen LogP contribution in [0.5, 0.6) is 0 Å². The number of halogens is 1. The van der Waals surface area contributed by atoms with Gasteiger partial charge in [0.25, 0.3) is 5.91 Å². The minimum absolute atomic E-state index is 0.0544. The zero-order valence-corrected chi connectivity index (χ0v) is 20.1. The number of nitrogens with zero attached hydrogens (tertiary/aromatic N) is 3. The van der Waals surface area contributed by atoms with E-state index in [1.165, 1.54) is 12.1 Å². The number of carbonyl (C=O) groups is 1. The van der Waals surface area contributed by atoms with Gasteiger partial charge in [0.05, 0.1) is 30.5 Å². The molecule has 1 N–H and O–H groups in total. The van der Waals surface area contributed by atoms with Crippen LogP contribution in [0.25, 0.3) is 5.65 Å². The molecule has 0 aliphatic carbocycles. The summed E-state index contributed by atoms with van der Waals surface area (Å²) in [5.74, 6) is 0.274. The lowest BCUT2D eigenvalue weighted by Crippen LogP contribution is -2.43. The third-order valence-electron chi connectivity index (χ3n) is 6.12. The molecule has 0 bridgehead atoms. The second-order valence-electron chi connectivity index (χ2n) is 8.41. The van der Waals surface area contributed by atoms with E-state index in [2.05, 4.69) is 15.2 Å². The Balaban J connectivity index is 1.28. The van der Waals surface area contributed by atoms with Crippen LogP contribution in [0.15, 0.2) is 84.0 Å². The minimum Gasteiger partial charge on any atom is -0.379 e. The third-order valence-corrected chi connectivity index (χ3v) is 7.23. The van der Waals surface area contributed by atoms with Crippen LogP contribution in [0, 0.1) is 5.82 Å². The highest BCUT2D eigenvalue weighted by Gasteiger charge is 2.24. The van der Waals surface area contributed by atoms with Gasteiger partial charge in [0, 0.05) is 42.7 Å². The van der Waals surface area contributed by atoms with Crippen molar-refractivity contribution < 1.29 is 13.9 Å². The van der Waals surface area contributed by atoms with Gasteiger partial charge in [0.15, 0.2) is 0 Å². The largest absolute Gasteiger partial charge is 0.379 e. The second-order valence-corrected chi connectivity index (χ2v) is 9.43. The highest BCUT2D eigenvalue weighted by Crippen LogP contribution is 2.27. The standard InChI is InChI=1S/C27H27FN4O2S/c28-21-10-8-20(9-11-21)24(31-13-15-34-16-14-31)17-29-27(33)23-5-1-2-6-25(23)35-19-22-18-32-12-4-3-7-26(32)30-22/h1-12,18,24H,13-17,19H2,(H,29,33). The fourth-order valence-corrected chi connectivity index (χ4v) is 5.24. The van der Waals surface area contributed by atoms with Crippen LogP contribution in [-0.2, 0) is 10.5 Å². The number of morpholine rings is 1. The molecule has 0 radical (unpaired) electrons. The molecule has 0 saturated carbocycles.